The summed E-state index contributed by atoms with van der Waals surface area (Å²) in [6.07, 6.45) is -72.6. The van der Waals surface area contributed by atoms with Crippen molar-refractivity contribution in [2.45, 2.75) is 117 Å². The molecule has 115 heavy (non-hydrogen) atoms. The highest BCUT2D eigenvalue weighted by molar-refractivity contribution is 7.84. The van der Waals surface area contributed by atoms with Crippen molar-refractivity contribution in [2.24, 2.45) is 0 Å². The molecule has 2 aliphatic rings. The third kappa shape index (κ3) is 46.0. The fourth-order valence-corrected chi connectivity index (χ4v) is 15.5. The Balaban J connectivity index is 3.25. The van der Waals surface area contributed by atoms with Crippen molar-refractivity contribution in [1.29, 1.82) is 0 Å². The topological polar surface area (TPSA) is 1110 Å². The lowest BCUT2D eigenvalue weighted by Gasteiger charge is -2.45. The quantitative estimate of drug-likeness (QED) is 0.0199. The fourth-order valence-electron chi connectivity index (χ4n) is 8.39. The molecule has 2 fully saturated rings. The molecule has 0 saturated carbocycles. The van der Waals surface area contributed by atoms with Crippen LogP contribution in [-0.2, 0) is 262 Å². The number of hydrogen-bond acceptors (Lipinski definition) is 54. The van der Waals surface area contributed by atoms with Crippen LogP contribution < -0.4 is 10.6 Å². The summed E-state index contributed by atoms with van der Waals surface area (Å²) in [5, 5.41) is 2.57. The summed E-state index contributed by atoms with van der Waals surface area (Å²) in [6, 6.07) is 0. The molecule has 0 aromatic heterocycles. The monoisotopic (exact) mass is 2030 g/mol. The van der Waals surface area contributed by atoms with Crippen molar-refractivity contribution < 1.29 is 303 Å². The molecule has 2 rings (SSSR count). The highest BCUT2D eigenvalue weighted by atomic mass is 32.3. The summed E-state index contributed by atoms with van der Waals surface area (Å²) < 4.78 is 628. The SMILES string of the molecule is O=C(NCCCNC(=O)[C@H](OS(=O)(=O)O)[C@@H](OS(=O)(=O)O)[C@H](O[C@@H]1O[C@H](COS(=O)(=O)O)[C@H](OS(=O)(=O)O)[C@H](OS(=O)(=O)O)[C@H]1OS(=O)(=O)O)[C@H](COS(=O)(=O)O)OS(=O)(=O)O)[C@H](OS(=O)(=O)O)[C@@H](OS(=O)(=O)O)[C@H](O[C@@H]1O[C@H](COS(=O)(=O)O)[C@H](OS(=O)(=O)O)[C@H](OS(=O)(=O)O)[C@H]1OS(=O)(=O)O)[C@H](COS(=O)(=O)O)OS(=O)(=O)O. The van der Waals surface area contributed by atoms with Crippen LogP contribution in [0.1, 0.15) is 6.42 Å². The second-order valence-electron chi connectivity index (χ2n) is 20.0. The molecule has 2 heterocycles. The van der Waals surface area contributed by atoms with E-state index in [1.807, 2.05) is 0 Å². The van der Waals surface area contributed by atoms with E-state index in [4.69, 9.17) is 18.9 Å². The summed E-state index contributed by atoms with van der Waals surface area (Å²) >= 11 is 0. The summed E-state index contributed by atoms with van der Waals surface area (Å²) in [5.41, 5.74) is 0. The van der Waals surface area contributed by atoms with Crippen LogP contribution in [0.25, 0.3) is 0 Å². The number of carbonyl (C=O) groups is 2. The first-order valence-electron chi connectivity index (χ1n) is 26.3. The molecule has 0 unspecified atom stereocenters. The lowest BCUT2D eigenvalue weighted by atomic mass is 9.98. The summed E-state index contributed by atoms with van der Waals surface area (Å²) in [5.74, 6) is -5.56. The van der Waals surface area contributed by atoms with Gasteiger partial charge in [0.2, 0.25) is 0 Å². The first-order valence-corrected chi connectivity index (χ1v) is 48.1. The molecule has 2 aliphatic heterocycles. The minimum atomic E-state index is -6.97. The van der Waals surface area contributed by atoms with Crippen molar-refractivity contribution in [3.63, 3.8) is 0 Å². The van der Waals surface area contributed by atoms with Crippen LogP contribution >= 0.6 is 0 Å². The molecular weight excluding hydrogens is 1990 g/mol. The van der Waals surface area contributed by atoms with Gasteiger partial charge in [0.05, 0.1) is 26.4 Å². The standard InChI is InChI=1S/C27H50N2O70S16/c30-24(20(96-112(68,69)70)16(92-108(56,57)58)12(10(88-104(44,45)46)6-82-102(38,39)40)86-26-22(98-114(74,75)76)18(94-110(62,63)64)14(90-106(50,51)52)8(84-26)4-80-100(32,33)34)28-2-1-3-29-25(31)21(97-113(71,72)73)17(93-109(59,60)61)13(11(89-105(47,48)49)7-83-103(41,42)43)87-27-23(99-115(77,78)79)19(95-111(65,66)67)15(91-107(53,54)55)9(85-27)5-81-101(35,36)37/h8-23,26-27H,1-7H2,(H,28,30)(H,29,31)(H,32,33,34)(H,35,36,37)(H,38,39,40)(H,41,42,43)(H,44,45,46)(H,47,48,49)(H,50,51,52)(H,53,54,55)(H,56,57,58)(H,59,60,61)(H,62,63,64)(H,65,66,67)(H,68,69,70)(H,71,72,73)(H,74,75,76)(H,77,78,79)/t8-,9-,10+,11+,12-,13-,14+,15+,16+,17+,18+,19+,20-,21-,22-,23-,26+,27+/m1/s1. The van der Waals surface area contributed by atoms with Gasteiger partial charge in [-0.1, -0.05) is 0 Å². The second-order valence-corrected chi connectivity index (χ2v) is 36.9. The van der Waals surface area contributed by atoms with Crippen LogP contribution in [0.4, 0.5) is 0 Å². The average Bonchev–Trinajstić information content (AvgIpc) is 0.766. The first kappa shape index (κ1) is 108. The first-order chi connectivity index (χ1) is 50.8. The molecule has 88 heteroatoms. The zero-order chi connectivity index (χ0) is 90.1. The van der Waals surface area contributed by atoms with E-state index in [9.17, 15) is 217 Å². The van der Waals surface area contributed by atoms with Gasteiger partial charge in [0, 0.05) is 13.1 Å². The Morgan fingerprint density at radius 3 is 0.713 bits per heavy atom. The Bertz CT molecular complexity index is 5030. The molecule has 72 nitrogen and oxygen atoms in total. The lowest BCUT2D eigenvalue weighted by Crippen LogP contribution is -2.65. The average molecular weight is 2040 g/mol. The molecule has 684 valence electrons. The van der Waals surface area contributed by atoms with Gasteiger partial charge in [0.25, 0.3) is 11.8 Å². The summed E-state index contributed by atoms with van der Waals surface area (Å²) in [7, 11) is -105. The number of carbonyl (C=O) groups excluding carboxylic acids is 2. The minimum absolute atomic E-state index is 1.29. The fraction of sp³-hybridized carbons (Fsp3) is 0.926. The van der Waals surface area contributed by atoms with Gasteiger partial charge in [-0.3, -0.25) is 82.4 Å². The highest BCUT2D eigenvalue weighted by Gasteiger charge is 2.60. The van der Waals surface area contributed by atoms with Gasteiger partial charge in [0.15, 0.2) is 37.0 Å². The van der Waals surface area contributed by atoms with E-state index in [1.165, 1.54) is 10.6 Å². The maximum absolute atomic E-state index is 14.2. The van der Waals surface area contributed by atoms with E-state index in [-0.39, 0.29) is 0 Å². The van der Waals surface area contributed by atoms with E-state index < -0.39 is 334 Å². The smallest absolute Gasteiger partial charge is 0.354 e. The van der Waals surface area contributed by atoms with Crippen molar-refractivity contribution in [3.05, 3.63) is 0 Å². The predicted octanol–water partition coefficient (Wildman–Crippen LogP) is -14.6. The maximum atomic E-state index is 14.2. The Labute approximate surface area is 643 Å². The largest absolute Gasteiger partial charge is 0.398 e. The van der Waals surface area contributed by atoms with Crippen molar-refractivity contribution in [3.8, 4) is 0 Å². The van der Waals surface area contributed by atoms with Crippen LogP contribution in [0, 0.1) is 0 Å². The molecule has 0 aromatic rings. The molecule has 0 radical (unpaired) electrons. The molecule has 18 atom stereocenters. The minimum Gasteiger partial charge on any atom is -0.354 e. The highest BCUT2D eigenvalue weighted by Crippen LogP contribution is 2.38. The predicted molar refractivity (Wildman–Crippen MR) is 325 cm³/mol. The van der Waals surface area contributed by atoms with Crippen molar-refractivity contribution in [2.75, 3.05) is 39.5 Å². The van der Waals surface area contributed by atoms with Gasteiger partial charge >= 0.3 is 166 Å². The third-order valence-corrected chi connectivity index (χ3v) is 18.9. The Morgan fingerprint density at radius 1 is 0.270 bits per heavy atom. The lowest BCUT2D eigenvalue weighted by molar-refractivity contribution is -0.312. The Morgan fingerprint density at radius 2 is 0.496 bits per heavy atom. The van der Waals surface area contributed by atoms with E-state index >= 15 is 0 Å². The number of amides is 2. The van der Waals surface area contributed by atoms with Gasteiger partial charge in [-0.15, -0.1) is 0 Å². The Kier molecular flexibility index (Phi) is 37.8. The van der Waals surface area contributed by atoms with Gasteiger partial charge in [-0.2, -0.15) is 135 Å². The molecule has 18 N–H and O–H groups in total. The van der Waals surface area contributed by atoms with Crippen LogP contribution in [0.2, 0.25) is 0 Å². The molecule has 0 bridgehead atoms. The molecule has 0 aromatic carbocycles. The van der Waals surface area contributed by atoms with Crippen molar-refractivity contribution in [1.82, 2.24) is 10.6 Å². The number of rotatable bonds is 52. The third-order valence-electron chi connectivity index (χ3n) is 11.5. The van der Waals surface area contributed by atoms with Crippen LogP contribution in [0.15, 0.2) is 0 Å². The number of ether oxygens (including phenoxy) is 4. The van der Waals surface area contributed by atoms with Gasteiger partial charge in [-0.25, -0.2) is 66.9 Å². The zero-order valence-electron chi connectivity index (χ0n) is 53.1. The van der Waals surface area contributed by atoms with Gasteiger partial charge in [0.1, 0.15) is 73.2 Å². The second kappa shape index (κ2) is 40.4. The van der Waals surface area contributed by atoms with Crippen LogP contribution in [-0.4, -0.2) is 369 Å². The molecule has 2 amide bonds. The molecule has 2 saturated heterocycles. The van der Waals surface area contributed by atoms with Gasteiger partial charge < -0.3 is 29.6 Å². The number of nitrogens with one attached hydrogen (secondary N) is 2. The summed E-state index contributed by atoms with van der Waals surface area (Å²) in [6.45, 7) is -13.5. The van der Waals surface area contributed by atoms with Crippen molar-refractivity contribution >= 4 is 178 Å². The van der Waals surface area contributed by atoms with Crippen LogP contribution in [0.3, 0.4) is 0 Å². The zero-order valence-corrected chi connectivity index (χ0v) is 66.1. The van der Waals surface area contributed by atoms with E-state index in [0.717, 1.165) is 0 Å². The normalized spacial score (nSPS) is 24.3. The number of hydrogen-bond donors (Lipinski definition) is 18. The van der Waals surface area contributed by atoms with E-state index in [2.05, 4.69) is 66.9 Å². The molecule has 0 spiro atoms. The Hall–Kier alpha value is -3.30. The summed E-state index contributed by atoms with van der Waals surface area (Å²) in [4.78, 5) is 28.4. The maximum Gasteiger partial charge on any atom is 0.398 e. The molecule has 0 aliphatic carbocycles. The van der Waals surface area contributed by atoms with Crippen LogP contribution in [0.5, 0.6) is 0 Å². The molecular formula is C27H50N2O70S16. The van der Waals surface area contributed by atoms with Gasteiger partial charge in [-0.05, 0) is 6.42 Å². The van der Waals surface area contributed by atoms with E-state index in [0.29, 0.717) is 0 Å². The van der Waals surface area contributed by atoms with E-state index in [1.54, 1.807) is 0 Å².